The molecule has 0 radical (unpaired) electrons. The molecule has 0 saturated heterocycles. The number of rotatable bonds is 5. The highest BCUT2D eigenvalue weighted by Gasteiger charge is 2.34. The Balaban J connectivity index is 2.05. The van der Waals surface area contributed by atoms with Gasteiger partial charge in [-0.25, -0.2) is 13.2 Å². The number of hydrogen-bond acceptors (Lipinski definition) is 4. The van der Waals surface area contributed by atoms with Crippen molar-refractivity contribution in [3.8, 4) is 16.9 Å². The van der Waals surface area contributed by atoms with Crippen LogP contribution >= 0.6 is 24.4 Å². The molecule has 0 N–H and O–H groups in total. The summed E-state index contributed by atoms with van der Waals surface area (Å²) in [5, 5.41) is -0.100. The van der Waals surface area contributed by atoms with Gasteiger partial charge in [-0.1, -0.05) is 18.2 Å². The van der Waals surface area contributed by atoms with Gasteiger partial charge in [-0.3, -0.25) is 14.2 Å². The number of pyridine rings is 1. The van der Waals surface area contributed by atoms with E-state index in [1.54, 1.807) is 13.0 Å². The summed E-state index contributed by atoms with van der Waals surface area (Å²) in [6.45, 7) is 1.61. The second-order valence-corrected chi connectivity index (χ2v) is 8.77. The Morgan fingerprint density at radius 3 is 2.44 bits per heavy atom. The molecule has 0 fully saturated rings. The fraction of sp³-hybridized carbons (Fsp3) is 0.217. The van der Waals surface area contributed by atoms with Gasteiger partial charge in [-0.05, 0) is 36.2 Å². The van der Waals surface area contributed by atoms with E-state index in [0.717, 1.165) is 12.1 Å². The second kappa shape index (κ2) is 8.71. The van der Waals surface area contributed by atoms with E-state index in [0.29, 0.717) is 16.2 Å². The first-order valence-corrected chi connectivity index (χ1v) is 11.1. The molecule has 0 spiro atoms. The van der Waals surface area contributed by atoms with Gasteiger partial charge in [-0.2, -0.15) is 0 Å². The molecule has 9 heteroatoms. The minimum Gasteiger partial charge on any atom is -0.494 e. The van der Waals surface area contributed by atoms with Crippen molar-refractivity contribution in [3.63, 3.8) is 0 Å². The van der Waals surface area contributed by atoms with E-state index in [9.17, 15) is 18.4 Å². The number of fused-ring (bicyclic) bond motifs is 1. The van der Waals surface area contributed by atoms with Crippen molar-refractivity contribution in [2.45, 2.75) is 24.4 Å². The summed E-state index contributed by atoms with van der Waals surface area (Å²) in [5.41, 5.74) is 0.0949. The van der Waals surface area contributed by atoms with Crippen LogP contribution in [-0.4, -0.2) is 22.5 Å². The molecule has 32 heavy (non-hydrogen) atoms. The summed E-state index contributed by atoms with van der Waals surface area (Å²) >= 11 is 5.14. The molecule has 4 nitrogen and oxygen atoms in total. The molecular weight excluding hydrogens is 459 g/mol. The molecule has 3 aromatic rings. The monoisotopic (exact) mass is 477 g/mol. The van der Waals surface area contributed by atoms with Gasteiger partial charge in [0.1, 0.15) is 17.7 Å². The van der Waals surface area contributed by atoms with Crippen LogP contribution in [0, 0.1) is 24.4 Å². The fourth-order valence-corrected chi connectivity index (χ4v) is 5.64. The molecule has 1 atom stereocenters. The van der Waals surface area contributed by atoms with Crippen LogP contribution in [0.15, 0.2) is 46.2 Å². The molecule has 166 valence electrons. The molecule has 0 amide bonds. The number of thioether (sulfide) groups is 1. The number of benzene rings is 2. The maximum atomic E-state index is 15.1. The van der Waals surface area contributed by atoms with Gasteiger partial charge in [0.25, 0.3) is 5.56 Å². The fourth-order valence-electron chi connectivity index (χ4n) is 3.95. The summed E-state index contributed by atoms with van der Waals surface area (Å²) in [5.74, 6) is -2.00. The normalized spacial score (nSPS) is 15.0. The smallest absolute Gasteiger partial charge is 0.260 e. The van der Waals surface area contributed by atoms with Crippen LogP contribution in [0.1, 0.15) is 22.7 Å². The Morgan fingerprint density at radius 2 is 1.81 bits per heavy atom. The Labute approximate surface area is 191 Å². The largest absolute Gasteiger partial charge is 0.494 e. The molecule has 1 aromatic heterocycles. The van der Waals surface area contributed by atoms with Crippen LogP contribution in [0.2, 0.25) is 0 Å². The number of aromatic nitrogens is 1. The highest BCUT2D eigenvalue weighted by molar-refractivity contribution is 8.00. The third-order valence-corrected chi connectivity index (χ3v) is 7.08. The second-order valence-electron chi connectivity index (χ2n) is 7.32. The van der Waals surface area contributed by atoms with Crippen molar-refractivity contribution in [2.24, 2.45) is 0 Å². The highest BCUT2D eigenvalue weighted by Crippen LogP contribution is 2.41. The highest BCUT2D eigenvalue weighted by atomic mass is 32.2. The van der Waals surface area contributed by atoms with Crippen LogP contribution in [-0.2, 0) is 11.2 Å². The molecule has 1 aliphatic heterocycles. The summed E-state index contributed by atoms with van der Waals surface area (Å²) in [4.78, 5) is 25.6. The SMILES string of the molecule is COc1cccc(-c2c(C)c(Cc3c(F)cccc3F)c3n(c2=O)C(C(=O)S)CS3)c1F. The molecule has 1 aliphatic rings. The van der Waals surface area contributed by atoms with Crippen LogP contribution in [0.3, 0.4) is 0 Å². The predicted molar refractivity (Wildman–Crippen MR) is 120 cm³/mol. The number of nitrogens with zero attached hydrogens (tertiary/aromatic N) is 1. The van der Waals surface area contributed by atoms with Crippen molar-refractivity contribution in [1.29, 1.82) is 0 Å². The quantitative estimate of drug-likeness (QED) is 0.529. The first kappa shape index (κ1) is 22.5. The van der Waals surface area contributed by atoms with Gasteiger partial charge < -0.3 is 4.74 Å². The molecule has 2 heterocycles. The maximum Gasteiger partial charge on any atom is 0.260 e. The average Bonchev–Trinajstić information content (AvgIpc) is 3.20. The number of thiol groups is 1. The summed E-state index contributed by atoms with van der Waals surface area (Å²) in [7, 11) is 1.31. The molecule has 2 aromatic carbocycles. The zero-order valence-electron chi connectivity index (χ0n) is 17.1. The van der Waals surface area contributed by atoms with Gasteiger partial charge in [0.05, 0.1) is 17.7 Å². The lowest BCUT2D eigenvalue weighted by Gasteiger charge is -2.20. The minimum absolute atomic E-state index is 0.0129. The Kier molecular flexibility index (Phi) is 6.13. The van der Waals surface area contributed by atoms with E-state index >= 15 is 4.39 Å². The first-order chi connectivity index (χ1) is 15.3. The lowest BCUT2D eigenvalue weighted by Crippen LogP contribution is -2.30. The predicted octanol–water partition coefficient (Wildman–Crippen LogP) is 4.94. The lowest BCUT2D eigenvalue weighted by molar-refractivity contribution is -0.113. The minimum atomic E-state index is -0.872. The van der Waals surface area contributed by atoms with Gasteiger partial charge in [0, 0.05) is 23.3 Å². The van der Waals surface area contributed by atoms with Gasteiger partial charge in [-0.15, -0.1) is 24.4 Å². The summed E-state index contributed by atoms with van der Waals surface area (Å²) in [6.07, 6.45) is -0.168. The Bertz CT molecular complexity index is 1290. The van der Waals surface area contributed by atoms with Crippen molar-refractivity contribution in [1.82, 2.24) is 4.57 Å². The zero-order valence-corrected chi connectivity index (χ0v) is 18.8. The number of methoxy groups -OCH3 is 1. The van der Waals surface area contributed by atoms with Gasteiger partial charge in [0.2, 0.25) is 5.12 Å². The van der Waals surface area contributed by atoms with E-state index < -0.39 is 34.2 Å². The lowest BCUT2D eigenvalue weighted by atomic mass is 9.94. The molecule has 0 bridgehead atoms. The number of carbonyl (C=O) groups is 1. The summed E-state index contributed by atoms with van der Waals surface area (Å²) in [6, 6.07) is 7.09. The van der Waals surface area contributed by atoms with Gasteiger partial charge >= 0.3 is 0 Å². The topological polar surface area (TPSA) is 48.3 Å². The van der Waals surface area contributed by atoms with Crippen molar-refractivity contribution in [3.05, 3.63) is 80.9 Å². The van der Waals surface area contributed by atoms with E-state index in [4.69, 9.17) is 4.74 Å². The van der Waals surface area contributed by atoms with Crippen molar-refractivity contribution in [2.75, 3.05) is 12.9 Å². The number of carbonyl (C=O) groups excluding carboxylic acids is 1. The molecule has 1 unspecified atom stereocenters. The van der Waals surface area contributed by atoms with E-state index in [2.05, 4.69) is 12.6 Å². The van der Waals surface area contributed by atoms with E-state index in [1.165, 1.54) is 41.6 Å². The van der Waals surface area contributed by atoms with Crippen LogP contribution in [0.25, 0.3) is 11.1 Å². The van der Waals surface area contributed by atoms with Crippen LogP contribution in [0.5, 0.6) is 5.75 Å². The molecule has 0 aliphatic carbocycles. The summed E-state index contributed by atoms with van der Waals surface area (Å²) < 4.78 is 50.3. The number of halogens is 3. The Hall–Kier alpha value is -2.65. The van der Waals surface area contributed by atoms with Crippen LogP contribution in [0.4, 0.5) is 13.2 Å². The average molecular weight is 478 g/mol. The molecular formula is C23H18F3NO3S2. The standard InChI is InChI=1S/C23H18F3NO3S2/c1-11-13(9-14-15(24)6-4-7-16(14)25)22-27(17(10-32-22)23(29)31)21(28)19(11)12-5-3-8-18(30-2)20(12)26/h3-8,17H,9-10H2,1-2H3,(H,29,31). The zero-order chi connectivity index (χ0) is 23.2. The number of hydrogen-bond donors (Lipinski definition) is 1. The maximum absolute atomic E-state index is 15.1. The van der Waals surface area contributed by atoms with E-state index in [1.807, 2.05) is 0 Å². The van der Waals surface area contributed by atoms with Crippen molar-refractivity contribution < 1.29 is 22.7 Å². The molecule has 0 saturated carbocycles. The third-order valence-electron chi connectivity index (χ3n) is 5.58. The van der Waals surface area contributed by atoms with Gasteiger partial charge in [0.15, 0.2) is 11.6 Å². The Morgan fingerprint density at radius 1 is 1.16 bits per heavy atom. The third kappa shape index (κ3) is 3.63. The van der Waals surface area contributed by atoms with E-state index in [-0.39, 0.29) is 34.6 Å². The van der Waals surface area contributed by atoms with Crippen LogP contribution < -0.4 is 10.3 Å². The first-order valence-electron chi connectivity index (χ1n) is 9.65. The number of ether oxygens (including phenoxy) is 1. The molecule has 4 rings (SSSR count). The van der Waals surface area contributed by atoms with Crippen molar-refractivity contribution >= 4 is 29.5 Å².